The fourth-order valence-electron chi connectivity index (χ4n) is 1.82. The van der Waals surface area contributed by atoms with Crippen LogP contribution < -0.4 is 5.73 Å². The van der Waals surface area contributed by atoms with Crippen molar-refractivity contribution in [2.75, 3.05) is 0 Å². The zero-order valence-corrected chi connectivity index (χ0v) is 10.3. The summed E-state index contributed by atoms with van der Waals surface area (Å²) in [4.78, 5) is 3.98. The molecule has 0 aliphatic carbocycles. The monoisotopic (exact) mass is 249 g/mol. The summed E-state index contributed by atoms with van der Waals surface area (Å²) in [5.41, 5.74) is 7.07. The molecule has 0 unspecified atom stereocenters. The largest absolute Gasteiger partial charge is 0.388 e. The Kier molecular flexibility index (Phi) is 3.31. The van der Waals surface area contributed by atoms with Gasteiger partial charge in [0.2, 0.25) is 0 Å². The minimum Gasteiger partial charge on any atom is -0.388 e. The number of rotatable bonds is 2. The Labute approximate surface area is 110 Å². The summed E-state index contributed by atoms with van der Waals surface area (Å²) in [6.07, 6.45) is 3.46. The fourth-order valence-corrected chi connectivity index (χ4v) is 1.82. The predicted octanol–water partition coefficient (Wildman–Crippen LogP) is 1.81. The Morgan fingerprint density at radius 1 is 1.32 bits per heavy atom. The third kappa shape index (κ3) is 2.31. The molecule has 5 heteroatoms. The number of aromatic nitrogens is 1. The lowest BCUT2D eigenvalue weighted by Gasteiger charge is -1.93. The van der Waals surface area contributed by atoms with Crippen LogP contribution >= 0.6 is 0 Å². The molecule has 1 aromatic heterocycles. The second-order valence-electron chi connectivity index (χ2n) is 3.96. The molecule has 1 aromatic carbocycles. The zero-order valence-electron chi connectivity index (χ0n) is 10.3. The highest BCUT2D eigenvalue weighted by Gasteiger charge is 2.04. The van der Waals surface area contributed by atoms with Gasteiger partial charge in [0, 0.05) is 35.9 Å². The standard InChI is InChI=1S/C14H11N5/c1-19-9-10(11-4-2-3-5-14(11)19)8-18-13(7-16)12(17)6-15/h2-5,8-9H,17H2,1H3/b13-12-,18-8?. The van der Waals surface area contributed by atoms with Crippen molar-refractivity contribution in [3.63, 3.8) is 0 Å². The van der Waals surface area contributed by atoms with Gasteiger partial charge in [-0.25, -0.2) is 4.99 Å². The lowest BCUT2D eigenvalue weighted by molar-refractivity contribution is 0.968. The summed E-state index contributed by atoms with van der Waals surface area (Å²) in [5, 5.41) is 18.5. The lowest BCUT2D eigenvalue weighted by Crippen LogP contribution is -1.97. The maximum Gasteiger partial charge on any atom is 0.174 e. The van der Waals surface area contributed by atoms with Crippen molar-refractivity contribution >= 4 is 17.1 Å². The molecule has 0 bridgehead atoms. The van der Waals surface area contributed by atoms with Crippen molar-refractivity contribution < 1.29 is 0 Å². The van der Waals surface area contributed by atoms with E-state index in [-0.39, 0.29) is 11.4 Å². The topological polar surface area (TPSA) is 90.9 Å². The number of aryl methyl sites for hydroxylation is 1. The van der Waals surface area contributed by atoms with Crippen molar-refractivity contribution in [2.45, 2.75) is 0 Å². The molecular weight excluding hydrogens is 238 g/mol. The van der Waals surface area contributed by atoms with Gasteiger partial charge in [0.15, 0.2) is 5.70 Å². The molecule has 0 spiro atoms. The van der Waals surface area contributed by atoms with Gasteiger partial charge in [-0.2, -0.15) is 10.5 Å². The molecule has 2 rings (SSSR count). The van der Waals surface area contributed by atoms with Crippen LogP contribution in [0, 0.1) is 22.7 Å². The highest BCUT2D eigenvalue weighted by Crippen LogP contribution is 2.18. The summed E-state index contributed by atoms with van der Waals surface area (Å²) in [7, 11) is 1.93. The molecule has 0 aliphatic rings. The summed E-state index contributed by atoms with van der Waals surface area (Å²) in [5.74, 6) is 0. The van der Waals surface area contributed by atoms with E-state index in [0.717, 1.165) is 16.5 Å². The number of fused-ring (bicyclic) bond motifs is 1. The molecule has 19 heavy (non-hydrogen) atoms. The first kappa shape index (κ1) is 12.4. The van der Waals surface area contributed by atoms with Gasteiger partial charge in [-0.3, -0.25) is 0 Å². The molecule has 0 aliphatic heterocycles. The van der Waals surface area contributed by atoms with E-state index in [1.165, 1.54) is 0 Å². The van der Waals surface area contributed by atoms with Crippen LogP contribution in [0.15, 0.2) is 46.8 Å². The van der Waals surface area contributed by atoms with Crippen LogP contribution in [0.3, 0.4) is 0 Å². The smallest absolute Gasteiger partial charge is 0.174 e. The number of hydrogen-bond acceptors (Lipinski definition) is 4. The molecule has 0 atom stereocenters. The van der Waals surface area contributed by atoms with Gasteiger partial charge in [0.1, 0.15) is 17.8 Å². The third-order valence-corrected chi connectivity index (χ3v) is 2.74. The van der Waals surface area contributed by atoms with E-state index < -0.39 is 0 Å². The van der Waals surface area contributed by atoms with Crippen LogP contribution in [0.2, 0.25) is 0 Å². The molecule has 0 fully saturated rings. The predicted molar refractivity (Wildman–Crippen MR) is 73.0 cm³/mol. The fraction of sp³-hybridized carbons (Fsp3) is 0.0714. The van der Waals surface area contributed by atoms with Crippen molar-refractivity contribution in [1.29, 1.82) is 10.5 Å². The molecule has 5 nitrogen and oxygen atoms in total. The van der Waals surface area contributed by atoms with E-state index in [9.17, 15) is 0 Å². The number of aliphatic imine (C=N–C) groups is 1. The molecule has 1 heterocycles. The molecule has 0 saturated heterocycles. The van der Waals surface area contributed by atoms with Crippen LogP contribution in [0.5, 0.6) is 0 Å². The Hall–Kier alpha value is -3.05. The highest BCUT2D eigenvalue weighted by molar-refractivity contribution is 5.99. The minimum absolute atomic E-state index is 0.0737. The molecule has 92 valence electrons. The number of nitriles is 2. The number of hydrogen-bond donors (Lipinski definition) is 1. The quantitative estimate of drug-likeness (QED) is 0.650. The number of allylic oxidation sites excluding steroid dienone is 2. The first-order valence-corrected chi connectivity index (χ1v) is 5.55. The third-order valence-electron chi connectivity index (χ3n) is 2.74. The van der Waals surface area contributed by atoms with E-state index in [1.807, 2.05) is 42.1 Å². The first-order valence-electron chi connectivity index (χ1n) is 5.55. The maximum atomic E-state index is 8.87. The molecule has 0 radical (unpaired) electrons. The Morgan fingerprint density at radius 3 is 2.74 bits per heavy atom. The van der Waals surface area contributed by atoms with E-state index in [4.69, 9.17) is 16.3 Å². The van der Waals surface area contributed by atoms with E-state index in [0.29, 0.717) is 0 Å². The minimum atomic E-state index is -0.181. The van der Waals surface area contributed by atoms with Crippen molar-refractivity contribution in [3.8, 4) is 12.1 Å². The second-order valence-corrected chi connectivity index (χ2v) is 3.96. The average Bonchev–Trinajstić information content (AvgIpc) is 2.76. The average molecular weight is 249 g/mol. The molecule has 0 amide bonds. The van der Waals surface area contributed by atoms with Crippen LogP contribution in [0.4, 0.5) is 0 Å². The van der Waals surface area contributed by atoms with E-state index in [1.54, 1.807) is 18.4 Å². The SMILES string of the molecule is Cn1cc(C=N/C(C#N)=C(\N)C#N)c2ccccc21. The maximum absolute atomic E-state index is 8.87. The van der Waals surface area contributed by atoms with Crippen LogP contribution in [-0.2, 0) is 7.05 Å². The first-order chi connectivity index (χ1) is 9.17. The Balaban J connectivity index is 2.49. The van der Waals surface area contributed by atoms with Crippen molar-refractivity contribution in [3.05, 3.63) is 47.4 Å². The van der Waals surface area contributed by atoms with Gasteiger partial charge in [-0.1, -0.05) is 18.2 Å². The molecule has 2 aromatic rings. The normalized spacial score (nSPS) is 12.2. The van der Waals surface area contributed by atoms with Gasteiger partial charge in [-0.15, -0.1) is 0 Å². The number of nitrogens with zero attached hydrogens (tertiary/aromatic N) is 4. The summed E-state index contributed by atoms with van der Waals surface area (Å²) in [6, 6.07) is 11.4. The van der Waals surface area contributed by atoms with Crippen LogP contribution in [0.1, 0.15) is 5.56 Å². The van der Waals surface area contributed by atoms with Crippen LogP contribution in [0.25, 0.3) is 10.9 Å². The number of nitrogens with two attached hydrogens (primary N) is 1. The summed E-state index contributed by atoms with van der Waals surface area (Å²) in [6.45, 7) is 0. The van der Waals surface area contributed by atoms with Gasteiger partial charge in [0.25, 0.3) is 0 Å². The van der Waals surface area contributed by atoms with E-state index in [2.05, 4.69) is 4.99 Å². The lowest BCUT2D eigenvalue weighted by atomic mass is 10.2. The molecular formula is C14H11N5. The zero-order chi connectivity index (χ0) is 13.8. The van der Waals surface area contributed by atoms with Gasteiger partial charge in [-0.05, 0) is 6.07 Å². The summed E-state index contributed by atoms with van der Waals surface area (Å²) < 4.78 is 1.97. The molecule has 0 saturated carbocycles. The highest BCUT2D eigenvalue weighted by atomic mass is 14.9. The number of para-hydroxylation sites is 1. The van der Waals surface area contributed by atoms with Crippen molar-refractivity contribution in [2.24, 2.45) is 17.8 Å². The van der Waals surface area contributed by atoms with Gasteiger partial charge >= 0.3 is 0 Å². The number of benzene rings is 1. The summed E-state index contributed by atoms with van der Waals surface area (Å²) >= 11 is 0. The van der Waals surface area contributed by atoms with E-state index >= 15 is 0 Å². The van der Waals surface area contributed by atoms with Crippen molar-refractivity contribution in [1.82, 2.24) is 4.57 Å². The second kappa shape index (κ2) is 5.07. The Bertz CT molecular complexity index is 765. The Morgan fingerprint density at radius 2 is 2.05 bits per heavy atom. The van der Waals surface area contributed by atoms with Gasteiger partial charge in [0.05, 0.1) is 0 Å². The molecule has 2 N–H and O–H groups in total. The van der Waals surface area contributed by atoms with Gasteiger partial charge < -0.3 is 10.3 Å². The van der Waals surface area contributed by atoms with Crippen LogP contribution in [-0.4, -0.2) is 10.8 Å².